The lowest BCUT2D eigenvalue weighted by atomic mass is 10.0. The molecule has 5 rings (SSSR count). The molecule has 0 aliphatic heterocycles. The maximum Gasteiger partial charge on any atom is 0.229 e. The number of hydrogen-bond acceptors (Lipinski definition) is 6. The van der Waals surface area contributed by atoms with Gasteiger partial charge in [0.25, 0.3) is 0 Å². The Morgan fingerprint density at radius 2 is 1.52 bits per heavy atom. The summed E-state index contributed by atoms with van der Waals surface area (Å²) in [7, 11) is -1.65. The molecule has 0 radical (unpaired) electrons. The molecule has 1 N–H and O–H groups in total. The van der Waals surface area contributed by atoms with Crippen LogP contribution in [0.4, 0.5) is 5.69 Å². The lowest BCUT2D eigenvalue weighted by Crippen LogP contribution is -2.14. The molecule has 4 aromatic rings. The summed E-state index contributed by atoms with van der Waals surface area (Å²) in [4.78, 5) is 4.15. The molecule has 8 heteroatoms. The quantitative estimate of drug-likeness (QED) is 0.218. The van der Waals surface area contributed by atoms with E-state index < -0.39 is 10.0 Å². The van der Waals surface area contributed by atoms with E-state index in [2.05, 4.69) is 9.71 Å². The van der Waals surface area contributed by atoms with Crippen LogP contribution in [-0.4, -0.2) is 32.9 Å². The first-order chi connectivity index (χ1) is 19.4. The highest BCUT2D eigenvalue weighted by molar-refractivity contribution is 7.92. The number of nitrogens with zero attached hydrogens (tertiary/aromatic N) is 1. The van der Waals surface area contributed by atoms with E-state index in [0.717, 1.165) is 58.6 Å². The number of benzene rings is 3. The van der Waals surface area contributed by atoms with E-state index in [-0.39, 0.29) is 12.2 Å². The van der Waals surface area contributed by atoms with E-state index in [4.69, 9.17) is 14.2 Å². The second-order valence-electron chi connectivity index (χ2n) is 10.1. The largest absolute Gasteiger partial charge is 0.493 e. The van der Waals surface area contributed by atoms with E-state index >= 15 is 0 Å². The fraction of sp³-hybridized carbons (Fsp3) is 0.281. The number of ether oxygens (including phenoxy) is 3. The highest BCUT2D eigenvalue weighted by atomic mass is 32.2. The smallest absolute Gasteiger partial charge is 0.229 e. The molecule has 1 aromatic heterocycles. The van der Waals surface area contributed by atoms with Gasteiger partial charge >= 0.3 is 0 Å². The van der Waals surface area contributed by atoms with Crippen LogP contribution >= 0.6 is 0 Å². The van der Waals surface area contributed by atoms with Crippen molar-refractivity contribution in [2.75, 3.05) is 18.1 Å². The first-order valence-corrected chi connectivity index (χ1v) is 15.3. The molecule has 0 saturated heterocycles. The average molecular weight is 559 g/mol. The SMILES string of the molecule is COc1ccc(C(Cc2ccncc2)Oc2ccc(-c3ccc(NS(C)(=O)=O)cc3)cc2)cc1OC1CCCC1. The molecule has 1 unspecified atom stereocenters. The van der Waals surface area contributed by atoms with Gasteiger partial charge in [-0.05, 0) is 96.5 Å². The number of sulfonamides is 1. The van der Waals surface area contributed by atoms with Crippen LogP contribution in [0.5, 0.6) is 17.2 Å². The van der Waals surface area contributed by atoms with Crippen molar-refractivity contribution in [3.8, 4) is 28.4 Å². The first-order valence-electron chi connectivity index (χ1n) is 13.4. The molecule has 1 fully saturated rings. The zero-order valence-electron chi connectivity index (χ0n) is 22.7. The fourth-order valence-corrected chi connectivity index (χ4v) is 5.53. The molecule has 3 aromatic carbocycles. The van der Waals surface area contributed by atoms with Crippen LogP contribution in [0.3, 0.4) is 0 Å². The number of hydrogen-bond donors (Lipinski definition) is 1. The van der Waals surface area contributed by atoms with Gasteiger partial charge in [0.15, 0.2) is 11.5 Å². The number of anilines is 1. The third-order valence-electron chi connectivity index (χ3n) is 6.98. The summed E-state index contributed by atoms with van der Waals surface area (Å²) >= 11 is 0. The number of methoxy groups -OCH3 is 1. The highest BCUT2D eigenvalue weighted by Crippen LogP contribution is 2.36. The minimum Gasteiger partial charge on any atom is -0.493 e. The second-order valence-corrected chi connectivity index (χ2v) is 11.8. The van der Waals surface area contributed by atoms with Crippen LogP contribution in [0.2, 0.25) is 0 Å². The van der Waals surface area contributed by atoms with Gasteiger partial charge in [0.05, 0.1) is 19.5 Å². The third-order valence-corrected chi connectivity index (χ3v) is 7.59. The van der Waals surface area contributed by atoms with Crippen LogP contribution in [0, 0.1) is 0 Å². The van der Waals surface area contributed by atoms with Gasteiger partial charge in [0, 0.05) is 24.5 Å². The Labute approximate surface area is 236 Å². The van der Waals surface area contributed by atoms with Gasteiger partial charge < -0.3 is 14.2 Å². The molecule has 1 atom stereocenters. The van der Waals surface area contributed by atoms with Crippen molar-refractivity contribution in [2.24, 2.45) is 0 Å². The van der Waals surface area contributed by atoms with Crippen LogP contribution < -0.4 is 18.9 Å². The summed E-state index contributed by atoms with van der Waals surface area (Å²) in [5.41, 5.74) is 4.63. The van der Waals surface area contributed by atoms with E-state index in [1.165, 1.54) is 12.8 Å². The lowest BCUT2D eigenvalue weighted by Gasteiger charge is -2.22. The molecule has 1 aliphatic rings. The van der Waals surface area contributed by atoms with E-state index in [1.807, 2.05) is 66.7 Å². The van der Waals surface area contributed by atoms with Gasteiger partial charge in [0.2, 0.25) is 10.0 Å². The van der Waals surface area contributed by atoms with E-state index in [0.29, 0.717) is 12.1 Å². The normalized spacial score (nSPS) is 14.4. The molecule has 40 heavy (non-hydrogen) atoms. The van der Waals surface area contributed by atoms with Crippen molar-refractivity contribution in [3.63, 3.8) is 0 Å². The Balaban J connectivity index is 1.37. The van der Waals surface area contributed by atoms with Gasteiger partial charge in [-0.2, -0.15) is 0 Å². The molecular formula is C32H34N2O5S. The zero-order valence-corrected chi connectivity index (χ0v) is 23.6. The van der Waals surface area contributed by atoms with E-state index in [1.54, 1.807) is 31.6 Å². The number of rotatable bonds is 11. The van der Waals surface area contributed by atoms with Gasteiger partial charge in [-0.1, -0.05) is 30.3 Å². The van der Waals surface area contributed by atoms with Crippen LogP contribution in [0.1, 0.15) is 42.9 Å². The molecule has 7 nitrogen and oxygen atoms in total. The van der Waals surface area contributed by atoms with Crippen molar-refractivity contribution in [1.82, 2.24) is 4.98 Å². The highest BCUT2D eigenvalue weighted by Gasteiger charge is 2.21. The third kappa shape index (κ3) is 7.33. The Morgan fingerprint density at radius 3 is 2.15 bits per heavy atom. The number of aromatic nitrogens is 1. The van der Waals surface area contributed by atoms with Crippen molar-refractivity contribution in [3.05, 3.63) is 102 Å². The molecule has 0 amide bonds. The Hall–Kier alpha value is -4.04. The van der Waals surface area contributed by atoms with Gasteiger partial charge in [-0.15, -0.1) is 0 Å². The van der Waals surface area contributed by atoms with Gasteiger partial charge in [-0.25, -0.2) is 8.42 Å². The lowest BCUT2D eigenvalue weighted by molar-refractivity contribution is 0.193. The minimum absolute atomic E-state index is 0.215. The fourth-order valence-electron chi connectivity index (χ4n) is 4.97. The van der Waals surface area contributed by atoms with Crippen LogP contribution in [0.25, 0.3) is 11.1 Å². The number of nitrogens with one attached hydrogen (secondary N) is 1. The zero-order chi connectivity index (χ0) is 28.0. The standard InChI is InChI=1S/C32H34N2O5S/c1-37-30-16-11-26(22-32(30)39-28-5-3-4-6-28)31(21-23-17-19-33-20-18-23)38-29-14-9-25(10-15-29)24-7-12-27(13-8-24)34-40(2,35)36/h7-20,22,28,31,34H,3-6,21H2,1-2H3. The Morgan fingerprint density at radius 1 is 0.875 bits per heavy atom. The molecule has 1 aliphatic carbocycles. The second kappa shape index (κ2) is 12.4. The summed E-state index contributed by atoms with van der Waals surface area (Å²) in [6.45, 7) is 0. The van der Waals surface area contributed by atoms with Gasteiger partial charge in [0.1, 0.15) is 11.9 Å². The van der Waals surface area contributed by atoms with Crippen molar-refractivity contribution in [2.45, 2.75) is 44.3 Å². The summed E-state index contributed by atoms with van der Waals surface area (Å²) in [5, 5.41) is 0. The molecule has 1 heterocycles. The van der Waals surface area contributed by atoms with Crippen molar-refractivity contribution in [1.29, 1.82) is 0 Å². The van der Waals surface area contributed by atoms with E-state index in [9.17, 15) is 8.42 Å². The predicted octanol–water partition coefficient (Wildman–Crippen LogP) is 6.81. The first kappa shape index (κ1) is 27.5. The van der Waals surface area contributed by atoms with Crippen molar-refractivity contribution >= 4 is 15.7 Å². The molecule has 208 valence electrons. The topological polar surface area (TPSA) is 86.8 Å². The molecular weight excluding hydrogens is 524 g/mol. The van der Waals surface area contributed by atoms with Crippen molar-refractivity contribution < 1.29 is 22.6 Å². The van der Waals surface area contributed by atoms with Gasteiger partial charge in [-0.3, -0.25) is 9.71 Å². The number of pyridine rings is 1. The van der Waals surface area contributed by atoms with Crippen LogP contribution in [0.15, 0.2) is 91.3 Å². The maximum absolute atomic E-state index is 11.5. The monoisotopic (exact) mass is 558 g/mol. The molecule has 0 spiro atoms. The minimum atomic E-state index is -3.32. The van der Waals surface area contributed by atoms with Crippen LogP contribution in [-0.2, 0) is 16.4 Å². The Bertz CT molecular complexity index is 1500. The summed E-state index contributed by atoms with van der Waals surface area (Å²) in [5.74, 6) is 2.21. The predicted molar refractivity (Wildman–Crippen MR) is 158 cm³/mol. The molecule has 0 bridgehead atoms. The summed E-state index contributed by atoms with van der Waals surface area (Å²) in [6, 6.07) is 25.2. The summed E-state index contributed by atoms with van der Waals surface area (Å²) in [6.07, 6.45) is 9.85. The Kier molecular flexibility index (Phi) is 8.55. The average Bonchev–Trinajstić information content (AvgIpc) is 3.46. The summed E-state index contributed by atoms with van der Waals surface area (Å²) < 4.78 is 44.0. The molecule has 1 saturated carbocycles. The maximum atomic E-state index is 11.5.